The van der Waals surface area contributed by atoms with Gasteiger partial charge in [-0.3, -0.25) is 10.5 Å². The topological polar surface area (TPSA) is 58.9 Å². The lowest BCUT2D eigenvalue weighted by Gasteiger charge is -2.44. The highest BCUT2D eigenvalue weighted by Crippen LogP contribution is 2.47. The van der Waals surface area contributed by atoms with Crippen molar-refractivity contribution < 1.29 is 20.3 Å². The summed E-state index contributed by atoms with van der Waals surface area (Å²) >= 11 is 0. The number of hydrogen-bond donors (Lipinski definition) is 2. The van der Waals surface area contributed by atoms with E-state index < -0.39 is 0 Å². The van der Waals surface area contributed by atoms with Crippen LogP contribution in [0, 0.1) is 23.7 Å². The molecule has 0 aromatic rings. The lowest BCUT2D eigenvalue weighted by atomic mass is 9.61. The maximum Gasteiger partial charge on any atom is 0.0819 e. The Morgan fingerprint density at radius 1 is 0.400 bits per heavy atom. The van der Waals surface area contributed by atoms with Crippen LogP contribution in [-0.4, -0.2) is 23.7 Å². The Kier molecular flexibility index (Phi) is 27.4. The second-order valence-corrected chi connectivity index (χ2v) is 13.3. The van der Waals surface area contributed by atoms with Crippen LogP contribution in [0.3, 0.4) is 0 Å². The van der Waals surface area contributed by atoms with E-state index in [0.29, 0.717) is 13.2 Å². The highest BCUT2D eigenvalue weighted by atomic mass is 17.1. The molecule has 0 saturated heterocycles. The Bertz CT molecular complexity index is 499. The molecule has 0 bridgehead atoms. The standard InChI is InChI=1S/C36H72O4/c1-3-5-7-19-25-33-29-30-34(26-20-15-12-14-18-24-32-40-38)36(35(33)27-21-8-6-4-2)28-22-16-11-9-10-13-17-23-31-39-37/h33-38H,3-32H2,1-2H3. The maximum atomic E-state index is 8.51. The monoisotopic (exact) mass is 569 g/mol. The van der Waals surface area contributed by atoms with Crippen molar-refractivity contribution >= 4 is 0 Å². The van der Waals surface area contributed by atoms with Gasteiger partial charge < -0.3 is 0 Å². The van der Waals surface area contributed by atoms with E-state index in [0.717, 1.165) is 36.5 Å². The zero-order valence-electron chi connectivity index (χ0n) is 27.2. The fraction of sp³-hybridized carbons (Fsp3) is 1.00. The Hall–Kier alpha value is -0.160. The van der Waals surface area contributed by atoms with Crippen LogP contribution < -0.4 is 0 Å². The summed E-state index contributed by atoms with van der Waals surface area (Å²) in [5.74, 6) is 3.94. The minimum Gasteiger partial charge on any atom is -0.252 e. The summed E-state index contributed by atoms with van der Waals surface area (Å²) in [5.41, 5.74) is 0. The number of unbranched alkanes of at least 4 members (excludes halogenated alkanes) is 18. The van der Waals surface area contributed by atoms with Gasteiger partial charge in [-0.2, -0.15) is 0 Å². The molecule has 0 aromatic heterocycles. The molecule has 0 aliphatic heterocycles. The first kappa shape index (κ1) is 37.9. The molecule has 0 amide bonds. The van der Waals surface area contributed by atoms with E-state index in [4.69, 9.17) is 10.5 Å². The first-order valence-corrected chi connectivity index (χ1v) is 18.3. The van der Waals surface area contributed by atoms with E-state index >= 15 is 0 Å². The molecule has 4 heteroatoms. The minimum absolute atomic E-state index is 0.488. The van der Waals surface area contributed by atoms with Crippen LogP contribution >= 0.6 is 0 Å². The van der Waals surface area contributed by atoms with Crippen molar-refractivity contribution in [2.24, 2.45) is 23.7 Å². The third-order valence-corrected chi connectivity index (χ3v) is 10.1. The largest absolute Gasteiger partial charge is 0.252 e. The van der Waals surface area contributed by atoms with E-state index in [1.54, 1.807) is 0 Å². The summed E-state index contributed by atoms with van der Waals surface area (Å²) in [6.07, 6.45) is 38.3. The Morgan fingerprint density at radius 3 is 1.05 bits per heavy atom. The van der Waals surface area contributed by atoms with Gasteiger partial charge in [-0.1, -0.05) is 155 Å². The first-order chi connectivity index (χ1) is 19.8. The number of hydrogen-bond acceptors (Lipinski definition) is 4. The van der Waals surface area contributed by atoms with Gasteiger partial charge in [-0.05, 0) is 62.2 Å². The summed E-state index contributed by atoms with van der Waals surface area (Å²) < 4.78 is 0. The first-order valence-electron chi connectivity index (χ1n) is 18.3. The predicted octanol–water partition coefficient (Wildman–Crippen LogP) is 12.4. The predicted molar refractivity (Wildman–Crippen MR) is 172 cm³/mol. The van der Waals surface area contributed by atoms with Gasteiger partial charge in [0, 0.05) is 0 Å². The molecule has 40 heavy (non-hydrogen) atoms. The van der Waals surface area contributed by atoms with Gasteiger partial charge in [-0.15, -0.1) is 0 Å². The fourth-order valence-corrected chi connectivity index (χ4v) is 7.70. The third-order valence-electron chi connectivity index (χ3n) is 10.1. The van der Waals surface area contributed by atoms with Gasteiger partial charge >= 0.3 is 0 Å². The van der Waals surface area contributed by atoms with Gasteiger partial charge in [0.1, 0.15) is 0 Å². The fourth-order valence-electron chi connectivity index (χ4n) is 7.70. The van der Waals surface area contributed by atoms with Crippen molar-refractivity contribution in [3.05, 3.63) is 0 Å². The molecule has 0 radical (unpaired) electrons. The average molecular weight is 569 g/mol. The van der Waals surface area contributed by atoms with Crippen molar-refractivity contribution in [3.8, 4) is 0 Å². The van der Waals surface area contributed by atoms with E-state index in [-0.39, 0.29) is 0 Å². The molecule has 4 unspecified atom stereocenters. The SMILES string of the molecule is CCCCCCC1CCC(CCCCCCCCOO)C(CCCCCCCCCCOO)C1CCCCCC. The van der Waals surface area contributed by atoms with E-state index in [1.807, 2.05) is 0 Å². The van der Waals surface area contributed by atoms with Crippen molar-refractivity contribution in [1.29, 1.82) is 0 Å². The molecule has 0 aromatic carbocycles. The van der Waals surface area contributed by atoms with Crippen molar-refractivity contribution in [1.82, 2.24) is 0 Å². The van der Waals surface area contributed by atoms with E-state index in [2.05, 4.69) is 23.6 Å². The molecule has 1 saturated carbocycles. The molecule has 4 nitrogen and oxygen atoms in total. The van der Waals surface area contributed by atoms with Gasteiger partial charge in [-0.25, -0.2) is 9.78 Å². The van der Waals surface area contributed by atoms with Gasteiger partial charge in [0.25, 0.3) is 0 Å². The van der Waals surface area contributed by atoms with E-state index in [1.165, 1.54) is 167 Å². The summed E-state index contributed by atoms with van der Waals surface area (Å²) in [4.78, 5) is 8.42. The third kappa shape index (κ3) is 19.9. The maximum absolute atomic E-state index is 8.51. The molecule has 1 aliphatic rings. The van der Waals surface area contributed by atoms with Gasteiger partial charge in [0.15, 0.2) is 0 Å². The van der Waals surface area contributed by atoms with Crippen molar-refractivity contribution in [3.63, 3.8) is 0 Å². The summed E-state index contributed by atoms with van der Waals surface area (Å²) in [5, 5.41) is 17.0. The number of rotatable bonds is 30. The quantitative estimate of drug-likeness (QED) is 0.0514. The van der Waals surface area contributed by atoms with Crippen LogP contribution in [0.4, 0.5) is 0 Å². The molecule has 1 rings (SSSR count). The molecule has 2 N–H and O–H groups in total. The van der Waals surface area contributed by atoms with Crippen LogP contribution in [0.25, 0.3) is 0 Å². The normalized spacial score (nSPS) is 21.3. The smallest absolute Gasteiger partial charge is 0.0819 e. The lowest BCUT2D eigenvalue weighted by molar-refractivity contribution is -0.242. The van der Waals surface area contributed by atoms with Crippen LogP contribution in [0.5, 0.6) is 0 Å². The second kappa shape index (κ2) is 28.9. The van der Waals surface area contributed by atoms with E-state index in [9.17, 15) is 0 Å². The van der Waals surface area contributed by atoms with Gasteiger partial charge in [0.05, 0.1) is 13.2 Å². The van der Waals surface area contributed by atoms with Gasteiger partial charge in [0.2, 0.25) is 0 Å². The molecular weight excluding hydrogens is 496 g/mol. The molecule has 240 valence electrons. The molecule has 4 atom stereocenters. The Balaban J connectivity index is 2.61. The highest BCUT2D eigenvalue weighted by Gasteiger charge is 2.37. The van der Waals surface area contributed by atoms with Crippen LogP contribution in [0.1, 0.15) is 194 Å². The molecular formula is C36H72O4. The summed E-state index contributed by atoms with van der Waals surface area (Å²) in [6.45, 7) is 5.67. The summed E-state index contributed by atoms with van der Waals surface area (Å²) in [6, 6.07) is 0. The molecule has 1 aliphatic carbocycles. The van der Waals surface area contributed by atoms with Crippen molar-refractivity contribution in [2.45, 2.75) is 194 Å². The lowest BCUT2D eigenvalue weighted by Crippen LogP contribution is -2.35. The minimum atomic E-state index is 0.488. The molecule has 0 heterocycles. The molecule has 1 fully saturated rings. The van der Waals surface area contributed by atoms with Crippen LogP contribution in [0.2, 0.25) is 0 Å². The molecule has 0 spiro atoms. The summed E-state index contributed by atoms with van der Waals surface area (Å²) in [7, 11) is 0. The Morgan fingerprint density at radius 2 is 0.700 bits per heavy atom. The van der Waals surface area contributed by atoms with Crippen LogP contribution in [-0.2, 0) is 9.78 Å². The zero-order chi connectivity index (χ0) is 28.9. The highest BCUT2D eigenvalue weighted by molar-refractivity contribution is 4.88. The zero-order valence-corrected chi connectivity index (χ0v) is 27.2. The second-order valence-electron chi connectivity index (χ2n) is 13.3. The van der Waals surface area contributed by atoms with Crippen molar-refractivity contribution in [2.75, 3.05) is 13.2 Å². The Labute approximate surface area is 250 Å². The average Bonchev–Trinajstić information content (AvgIpc) is 2.97. The van der Waals surface area contributed by atoms with Crippen LogP contribution in [0.15, 0.2) is 0 Å².